The molecule has 0 saturated heterocycles. The number of ether oxygens (including phenoxy) is 1. The van der Waals surface area contributed by atoms with Gasteiger partial charge in [-0.05, 0) is 38.2 Å². The molecule has 1 rings (SSSR count). The van der Waals surface area contributed by atoms with E-state index in [2.05, 4.69) is 22.7 Å². The maximum atomic E-state index is 11.8. The van der Waals surface area contributed by atoms with E-state index in [1.807, 2.05) is 31.2 Å². The number of amides is 1. The lowest BCUT2D eigenvalue weighted by molar-refractivity contribution is -0.127. The first-order valence-corrected chi connectivity index (χ1v) is 6.61. The molecule has 0 aliphatic rings. The average Bonchev–Trinajstić information content (AvgIpc) is 2.44. The second-order valence-corrected chi connectivity index (χ2v) is 4.59. The summed E-state index contributed by atoms with van der Waals surface area (Å²) in [5, 5.41) is 3.15. The largest absolute Gasteiger partial charge is 0.481 e. The fourth-order valence-corrected chi connectivity index (χ4v) is 1.44. The summed E-state index contributed by atoms with van der Waals surface area (Å²) in [6.07, 6.45) is 1.03. The van der Waals surface area contributed by atoms with Gasteiger partial charge < -0.3 is 10.1 Å². The van der Waals surface area contributed by atoms with Gasteiger partial charge in [0.05, 0.1) is 0 Å². The van der Waals surface area contributed by atoms with E-state index in [4.69, 9.17) is 17.0 Å². The Balaban J connectivity index is 2.37. The smallest absolute Gasteiger partial charge is 0.279 e. The quantitative estimate of drug-likeness (QED) is 0.436. The van der Waals surface area contributed by atoms with Gasteiger partial charge >= 0.3 is 0 Å². The van der Waals surface area contributed by atoms with E-state index in [1.54, 1.807) is 13.0 Å². The molecule has 108 valence electrons. The number of hydrogen-bond donors (Lipinski definition) is 3. The number of carbonyl (C=O) groups is 1. The monoisotopic (exact) mass is 293 g/mol. The van der Waals surface area contributed by atoms with Crippen LogP contribution in [0.4, 0.5) is 0 Å². The molecule has 5 nitrogen and oxygen atoms in total. The molecular weight excluding hydrogens is 274 g/mol. The third-order valence-electron chi connectivity index (χ3n) is 2.41. The minimum Gasteiger partial charge on any atom is -0.481 e. The van der Waals surface area contributed by atoms with Crippen molar-refractivity contribution in [2.75, 3.05) is 6.54 Å². The Kier molecular flexibility index (Phi) is 6.52. The zero-order chi connectivity index (χ0) is 15.0. The molecule has 0 fully saturated rings. The highest BCUT2D eigenvalue weighted by Crippen LogP contribution is 2.13. The summed E-state index contributed by atoms with van der Waals surface area (Å²) < 4.78 is 5.51. The number of carbonyl (C=O) groups excluding carboxylic acids is 1. The van der Waals surface area contributed by atoms with Crippen molar-refractivity contribution in [3.05, 3.63) is 42.5 Å². The molecule has 0 bridgehead atoms. The van der Waals surface area contributed by atoms with E-state index >= 15 is 0 Å². The van der Waals surface area contributed by atoms with Crippen molar-refractivity contribution in [3.8, 4) is 5.75 Å². The molecule has 0 unspecified atom stereocenters. The molecular formula is C14H19N3O2S. The Labute approximate surface area is 124 Å². The van der Waals surface area contributed by atoms with Crippen LogP contribution in [0.15, 0.2) is 36.9 Å². The van der Waals surface area contributed by atoms with Crippen molar-refractivity contribution in [1.29, 1.82) is 0 Å². The van der Waals surface area contributed by atoms with Gasteiger partial charge in [0.15, 0.2) is 11.2 Å². The van der Waals surface area contributed by atoms with Crippen LogP contribution in [-0.2, 0) is 4.79 Å². The molecule has 1 amide bonds. The first-order valence-electron chi connectivity index (χ1n) is 6.21. The Morgan fingerprint density at radius 3 is 2.65 bits per heavy atom. The van der Waals surface area contributed by atoms with Gasteiger partial charge in [-0.2, -0.15) is 0 Å². The van der Waals surface area contributed by atoms with Gasteiger partial charge in [0, 0.05) is 6.54 Å². The number of rotatable bonds is 5. The van der Waals surface area contributed by atoms with Crippen LogP contribution in [0.3, 0.4) is 0 Å². The van der Waals surface area contributed by atoms with E-state index in [0.29, 0.717) is 17.4 Å². The minimum atomic E-state index is -0.632. The number of nitrogens with one attached hydrogen (secondary N) is 3. The van der Waals surface area contributed by atoms with Crippen LogP contribution >= 0.6 is 12.2 Å². The number of benzene rings is 1. The molecule has 0 aliphatic carbocycles. The highest BCUT2D eigenvalue weighted by molar-refractivity contribution is 7.80. The molecule has 0 heterocycles. The lowest BCUT2D eigenvalue weighted by Crippen LogP contribution is -2.50. The van der Waals surface area contributed by atoms with Crippen LogP contribution < -0.4 is 20.9 Å². The molecule has 1 atom stereocenters. The van der Waals surface area contributed by atoms with E-state index in [0.717, 1.165) is 5.56 Å². The van der Waals surface area contributed by atoms with Crippen LogP contribution in [0.1, 0.15) is 12.5 Å². The summed E-state index contributed by atoms with van der Waals surface area (Å²) in [6, 6.07) is 7.49. The van der Waals surface area contributed by atoms with Crippen molar-refractivity contribution in [1.82, 2.24) is 16.2 Å². The predicted molar refractivity (Wildman–Crippen MR) is 83.3 cm³/mol. The van der Waals surface area contributed by atoms with Gasteiger partial charge in [-0.15, -0.1) is 6.58 Å². The van der Waals surface area contributed by atoms with Crippen LogP contribution in [0.2, 0.25) is 0 Å². The number of thiocarbonyl (C=S) groups is 1. The van der Waals surface area contributed by atoms with Crippen molar-refractivity contribution >= 4 is 23.2 Å². The molecule has 20 heavy (non-hydrogen) atoms. The van der Waals surface area contributed by atoms with Gasteiger partial charge in [-0.25, -0.2) is 0 Å². The summed E-state index contributed by atoms with van der Waals surface area (Å²) >= 11 is 4.94. The molecule has 3 N–H and O–H groups in total. The van der Waals surface area contributed by atoms with Gasteiger partial charge in [0.1, 0.15) is 5.75 Å². The van der Waals surface area contributed by atoms with Crippen molar-refractivity contribution in [3.63, 3.8) is 0 Å². The Hall–Kier alpha value is -2.08. The maximum absolute atomic E-state index is 11.8. The lowest BCUT2D eigenvalue weighted by Gasteiger charge is -2.16. The number of hydrazine groups is 1. The summed E-state index contributed by atoms with van der Waals surface area (Å²) in [6.45, 7) is 7.73. The average molecular weight is 293 g/mol. The van der Waals surface area contributed by atoms with Gasteiger partial charge in [0.25, 0.3) is 5.91 Å². The fourth-order valence-electron chi connectivity index (χ4n) is 1.30. The summed E-state index contributed by atoms with van der Waals surface area (Å²) in [5.74, 6) is 0.332. The second-order valence-electron chi connectivity index (χ2n) is 4.19. The standard InChI is InChI=1S/C14H19N3O2S/c1-4-9-15-14(20)17-16-13(18)11(3)19-12-7-5-10(2)6-8-12/h4-8,11H,1,9H2,2-3H3,(H,16,18)(H2,15,17,20)/t11-/m1/s1. The van der Waals surface area contributed by atoms with Crippen LogP contribution in [0.5, 0.6) is 5.75 Å². The van der Waals surface area contributed by atoms with Crippen molar-refractivity contribution < 1.29 is 9.53 Å². The van der Waals surface area contributed by atoms with E-state index in [-0.39, 0.29) is 5.91 Å². The minimum absolute atomic E-state index is 0.312. The van der Waals surface area contributed by atoms with E-state index in [1.165, 1.54) is 0 Å². The van der Waals surface area contributed by atoms with Crippen molar-refractivity contribution in [2.45, 2.75) is 20.0 Å². The summed E-state index contributed by atoms with van der Waals surface area (Å²) in [5.41, 5.74) is 6.19. The molecule has 0 spiro atoms. The summed E-state index contributed by atoms with van der Waals surface area (Å²) in [4.78, 5) is 11.8. The third kappa shape index (κ3) is 5.71. The molecule has 0 saturated carbocycles. The zero-order valence-corrected chi connectivity index (χ0v) is 12.4. The zero-order valence-electron chi connectivity index (χ0n) is 11.6. The highest BCUT2D eigenvalue weighted by atomic mass is 32.1. The first-order chi connectivity index (χ1) is 9.52. The third-order valence-corrected chi connectivity index (χ3v) is 2.66. The predicted octanol–water partition coefficient (Wildman–Crippen LogP) is 1.44. The maximum Gasteiger partial charge on any atom is 0.279 e. The van der Waals surface area contributed by atoms with Gasteiger partial charge in [-0.1, -0.05) is 23.8 Å². The van der Waals surface area contributed by atoms with E-state index < -0.39 is 6.10 Å². The lowest BCUT2D eigenvalue weighted by atomic mass is 10.2. The van der Waals surface area contributed by atoms with Gasteiger partial charge in [-0.3, -0.25) is 15.6 Å². The SMILES string of the molecule is C=CCNC(=S)NNC(=O)[C@@H](C)Oc1ccc(C)cc1. The van der Waals surface area contributed by atoms with Crippen LogP contribution in [0, 0.1) is 6.92 Å². The fraction of sp³-hybridized carbons (Fsp3) is 0.286. The summed E-state index contributed by atoms with van der Waals surface area (Å²) in [7, 11) is 0. The first kappa shape index (κ1) is 16.0. The van der Waals surface area contributed by atoms with Crippen molar-refractivity contribution in [2.24, 2.45) is 0 Å². The number of hydrogen-bond acceptors (Lipinski definition) is 3. The molecule has 0 radical (unpaired) electrons. The van der Waals surface area contributed by atoms with E-state index in [9.17, 15) is 4.79 Å². The number of aryl methyl sites for hydroxylation is 1. The Morgan fingerprint density at radius 1 is 1.40 bits per heavy atom. The Morgan fingerprint density at radius 2 is 2.05 bits per heavy atom. The highest BCUT2D eigenvalue weighted by Gasteiger charge is 2.14. The molecule has 6 heteroatoms. The second kappa shape index (κ2) is 8.16. The molecule has 0 aromatic heterocycles. The normalized spacial score (nSPS) is 11.1. The van der Waals surface area contributed by atoms with Crippen LogP contribution in [-0.4, -0.2) is 23.7 Å². The molecule has 1 aromatic rings. The molecule has 1 aromatic carbocycles. The van der Waals surface area contributed by atoms with Crippen LogP contribution in [0.25, 0.3) is 0 Å². The van der Waals surface area contributed by atoms with Gasteiger partial charge in [0.2, 0.25) is 0 Å². The topological polar surface area (TPSA) is 62.4 Å². The molecule has 0 aliphatic heterocycles. The Bertz CT molecular complexity index is 474.